The summed E-state index contributed by atoms with van der Waals surface area (Å²) in [5, 5.41) is 5.89. The van der Waals surface area contributed by atoms with Crippen molar-refractivity contribution >= 4 is 23.0 Å². The molecule has 24 heavy (non-hydrogen) atoms. The average Bonchev–Trinajstić information content (AvgIpc) is 2.56. The molecule has 0 aliphatic heterocycles. The fourth-order valence-corrected chi connectivity index (χ4v) is 2.22. The highest BCUT2D eigenvalue weighted by Crippen LogP contribution is 2.17. The van der Waals surface area contributed by atoms with Gasteiger partial charge in [0.1, 0.15) is 29.7 Å². The molecule has 2 N–H and O–H groups in total. The first-order valence-corrected chi connectivity index (χ1v) is 7.68. The molecule has 1 atom stereocenters. The van der Waals surface area contributed by atoms with Gasteiger partial charge in [-0.2, -0.15) is 0 Å². The van der Waals surface area contributed by atoms with Gasteiger partial charge in [-0.05, 0) is 55.5 Å². The van der Waals surface area contributed by atoms with E-state index >= 15 is 0 Å². The van der Waals surface area contributed by atoms with Crippen molar-refractivity contribution in [2.24, 2.45) is 0 Å². The number of nitrogens with one attached hydrogen (secondary N) is 2. The van der Waals surface area contributed by atoms with Crippen molar-refractivity contribution in [2.75, 3.05) is 19.0 Å². The number of benzene rings is 2. The molecule has 4 nitrogen and oxygen atoms in total. The zero-order valence-electron chi connectivity index (χ0n) is 13.3. The van der Waals surface area contributed by atoms with Gasteiger partial charge in [-0.1, -0.05) is 0 Å². The number of thiocarbonyl (C=S) groups is 1. The second-order valence-corrected chi connectivity index (χ2v) is 5.52. The molecular weight excluding hydrogens is 334 g/mol. The van der Waals surface area contributed by atoms with Gasteiger partial charge in [-0.15, -0.1) is 0 Å². The van der Waals surface area contributed by atoms with Gasteiger partial charge < -0.3 is 20.1 Å². The molecule has 0 unspecified atom stereocenters. The summed E-state index contributed by atoms with van der Waals surface area (Å²) in [5.41, 5.74) is 0.108. The highest BCUT2D eigenvalue weighted by Gasteiger charge is 2.09. The molecule has 0 saturated carbocycles. The lowest BCUT2D eigenvalue weighted by Crippen LogP contribution is -2.39. The largest absolute Gasteiger partial charge is 0.497 e. The Morgan fingerprint density at radius 2 is 1.79 bits per heavy atom. The van der Waals surface area contributed by atoms with Gasteiger partial charge in [-0.3, -0.25) is 0 Å². The Kier molecular flexibility index (Phi) is 6.31. The van der Waals surface area contributed by atoms with Crippen LogP contribution in [0.2, 0.25) is 0 Å². The van der Waals surface area contributed by atoms with Gasteiger partial charge in [-0.25, -0.2) is 8.78 Å². The average molecular weight is 352 g/mol. The van der Waals surface area contributed by atoms with Gasteiger partial charge in [0.2, 0.25) is 0 Å². The fourth-order valence-electron chi connectivity index (χ4n) is 1.91. The second kappa shape index (κ2) is 8.44. The summed E-state index contributed by atoms with van der Waals surface area (Å²) >= 11 is 5.11. The minimum atomic E-state index is -0.707. The smallest absolute Gasteiger partial charge is 0.171 e. The van der Waals surface area contributed by atoms with Crippen LogP contribution in [0.4, 0.5) is 14.5 Å². The monoisotopic (exact) mass is 352 g/mol. The van der Waals surface area contributed by atoms with Crippen molar-refractivity contribution in [1.82, 2.24) is 5.32 Å². The van der Waals surface area contributed by atoms with Crippen LogP contribution in [-0.4, -0.2) is 24.9 Å². The highest BCUT2D eigenvalue weighted by molar-refractivity contribution is 7.80. The van der Waals surface area contributed by atoms with Crippen molar-refractivity contribution < 1.29 is 18.3 Å². The lowest BCUT2D eigenvalue weighted by atomic mass is 10.3. The summed E-state index contributed by atoms with van der Waals surface area (Å²) in [6, 6.07) is 10.3. The molecule has 0 fully saturated rings. The number of ether oxygens (including phenoxy) is 2. The van der Waals surface area contributed by atoms with Crippen LogP contribution in [0.25, 0.3) is 0 Å². The Bertz CT molecular complexity index is 695. The summed E-state index contributed by atoms with van der Waals surface area (Å²) in [5.74, 6) is 0.104. The first-order valence-electron chi connectivity index (χ1n) is 7.27. The van der Waals surface area contributed by atoms with Crippen LogP contribution < -0.4 is 20.1 Å². The maximum Gasteiger partial charge on any atom is 0.171 e. The van der Waals surface area contributed by atoms with E-state index in [1.54, 1.807) is 31.4 Å². The Labute approximate surface area is 144 Å². The van der Waals surface area contributed by atoms with E-state index in [0.717, 1.165) is 17.9 Å². The third-order valence-electron chi connectivity index (χ3n) is 3.12. The Morgan fingerprint density at radius 3 is 2.42 bits per heavy atom. The number of halogens is 2. The van der Waals surface area contributed by atoms with Crippen LogP contribution in [0.15, 0.2) is 42.5 Å². The van der Waals surface area contributed by atoms with E-state index in [1.165, 1.54) is 6.07 Å². The molecule has 0 heterocycles. The number of anilines is 1. The maximum atomic E-state index is 13.6. The predicted octanol–water partition coefficient (Wildman–Crippen LogP) is 3.73. The predicted molar refractivity (Wildman–Crippen MR) is 93.7 cm³/mol. The molecule has 128 valence electrons. The summed E-state index contributed by atoms with van der Waals surface area (Å²) in [6.45, 7) is 2.23. The molecular formula is C17H18F2N2O2S. The third-order valence-corrected chi connectivity index (χ3v) is 3.34. The lowest BCUT2D eigenvalue weighted by molar-refractivity contribution is 0.286. The molecule has 0 bridgehead atoms. The lowest BCUT2D eigenvalue weighted by Gasteiger charge is -2.18. The first-order chi connectivity index (χ1) is 11.5. The van der Waals surface area contributed by atoms with Gasteiger partial charge >= 0.3 is 0 Å². The highest BCUT2D eigenvalue weighted by atomic mass is 32.1. The Morgan fingerprint density at radius 1 is 1.12 bits per heavy atom. The molecule has 2 aromatic carbocycles. The normalized spacial score (nSPS) is 11.5. The number of hydrogen-bond donors (Lipinski definition) is 2. The Hall–Kier alpha value is -2.41. The molecule has 0 spiro atoms. The standard InChI is InChI=1S/C17H18F2N2O2S/c1-11(10-23-14-6-4-13(22-2)5-7-14)20-17(24)21-16-8-3-12(18)9-15(16)19/h3-9,11H,10H2,1-2H3,(H2,20,21,24)/t11-/m1/s1. The third kappa shape index (κ3) is 5.34. The fraction of sp³-hybridized carbons (Fsp3) is 0.235. The molecule has 0 amide bonds. The molecule has 0 aliphatic rings. The van der Waals surface area contributed by atoms with E-state index in [9.17, 15) is 8.78 Å². The van der Waals surface area contributed by atoms with Gasteiger partial charge in [0.25, 0.3) is 0 Å². The van der Waals surface area contributed by atoms with Crippen LogP contribution in [0.5, 0.6) is 11.5 Å². The van der Waals surface area contributed by atoms with Crippen LogP contribution in [-0.2, 0) is 0 Å². The maximum absolute atomic E-state index is 13.6. The van der Waals surface area contributed by atoms with Crippen LogP contribution >= 0.6 is 12.2 Å². The molecule has 2 aromatic rings. The zero-order chi connectivity index (χ0) is 17.5. The van der Waals surface area contributed by atoms with E-state index in [2.05, 4.69) is 10.6 Å². The number of rotatable bonds is 6. The SMILES string of the molecule is COc1ccc(OC[C@@H](C)NC(=S)Nc2ccc(F)cc2F)cc1. The van der Waals surface area contributed by atoms with Gasteiger partial charge in [0, 0.05) is 6.07 Å². The first kappa shape index (κ1) is 17.9. The molecule has 0 saturated heterocycles. The van der Waals surface area contributed by atoms with Crippen molar-refractivity contribution in [1.29, 1.82) is 0 Å². The molecule has 7 heteroatoms. The van der Waals surface area contributed by atoms with Crippen LogP contribution in [0.3, 0.4) is 0 Å². The minimum Gasteiger partial charge on any atom is -0.497 e. The minimum absolute atomic E-state index is 0.108. The summed E-state index contributed by atoms with van der Waals surface area (Å²) in [6.07, 6.45) is 0. The van der Waals surface area contributed by atoms with Crippen molar-refractivity contribution in [2.45, 2.75) is 13.0 Å². The van der Waals surface area contributed by atoms with E-state index in [4.69, 9.17) is 21.7 Å². The number of methoxy groups -OCH3 is 1. The Balaban J connectivity index is 1.80. The van der Waals surface area contributed by atoms with Crippen LogP contribution in [0.1, 0.15) is 6.92 Å². The van der Waals surface area contributed by atoms with Crippen molar-refractivity contribution in [3.05, 3.63) is 54.1 Å². The van der Waals surface area contributed by atoms with E-state index in [0.29, 0.717) is 12.4 Å². The zero-order valence-corrected chi connectivity index (χ0v) is 14.1. The summed E-state index contributed by atoms with van der Waals surface area (Å²) in [4.78, 5) is 0. The summed E-state index contributed by atoms with van der Waals surface area (Å²) in [7, 11) is 1.60. The van der Waals surface area contributed by atoms with Crippen molar-refractivity contribution in [3.63, 3.8) is 0 Å². The van der Waals surface area contributed by atoms with Crippen LogP contribution in [0, 0.1) is 11.6 Å². The van der Waals surface area contributed by atoms with E-state index in [-0.39, 0.29) is 16.8 Å². The van der Waals surface area contributed by atoms with Crippen molar-refractivity contribution in [3.8, 4) is 11.5 Å². The number of hydrogen-bond acceptors (Lipinski definition) is 3. The quantitative estimate of drug-likeness (QED) is 0.776. The molecule has 0 aliphatic carbocycles. The van der Waals surface area contributed by atoms with Gasteiger partial charge in [0.15, 0.2) is 5.11 Å². The molecule has 2 rings (SSSR count). The summed E-state index contributed by atoms with van der Waals surface area (Å²) < 4.78 is 37.1. The van der Waals surface area contributed by atoms with E-state index in [1.807, 2.05) is 6.92 Å². The molecule has 0 aromatic heterocycles. The van der Waals surface area contributed by atoms with Gasteiger partial charge in [0.05, 0.1) is 18.8 Å². The second-order valence-electron chi connectivity index (χ2n) is 5.11. The topological polar surface area (TPSA) is 42.5 Å². The molecule has 0 radical (unpaired) electrons. The van der Waals surface area contributed by atoms with E-state index < -0.39 is 11.6 Å².